The molecule has 0 N–H and O–H groups in total. The van der Waals surface area contributed by atoms with Crippen molar-refractivity contribution in [2.45, 2.75) is 13.2 Å². The van der Waals surface area contributed by atoms with Crippen LogP contribution in [0, 0.1) is 0 Å². The molecule has 0 spiro atoms. The summed E-state index contributed by atoms with van der Waals surface area (Å²) < 4.78 is 12.2. The fraction of sp³-hybridized carbons (Fsp3) is 0.0909. The van der Waals surface area contributed by atoms with Gasteiger partial charge in [-0.05, 0) is 29.3 Å². The van der Waals surface area contributed by atoms with Gasteiger partial charge in [-0.1, -0.05) is 60.7 Å². The molecule has 0 fully saturated rings. The van der Waals surface area contributed by atoms with Crippen molar-refractivity contribution in [2.75, 3.05) is 0 Å². The van der Waals surface area contributed by atoms with E-state index in [0.29, 0.717) is 23.2 Å². The summed E-state index contributed by atoms with van der Waals surface area (Å²) in [6.45, 7) is 0.598. The van der Waals surface area contributed by atoms with Crippen molar-refractivity contribution in [3.05, 3.63) is 106 Å². The standard InChI is InChI=1S/C22H17NO4/c24-21(26-15-17-9-5-2-6-10-17)18-11-12-19-20(13-18)27-22(25)23(19)14-16-7-3-1-4-8-16/h1-13H,14-15H2. The highest BCUT2D eigenvalue weighted by Gasteiger charge is 2.14. The number of rotatable bonds is 5. The number of esters is 1. The van der Waals surface area contributed by atoms with Gasteiger partial charge < -0.3 is 9.15 Å². The predicted octanol–water partition coefficient (Wildman–Crippen LogP) is 4.00. The van der Waals surface area contributed by atoms with Gasteiger partial charge >= 0.3 is 11.7 Å². The minimum absolute atomic E-state index is 0.191. The molecule has 0 aliphatic carbocycles. The second-order valence-corrected chi connectivity index (χ2v) is 6.18. The summed E-state index contributed by atoms with van der Waals surface area (Å²) in [5, 5.41) is 0. The molecular weight excluding hydrogens is 342 g/mol. The summed E-state index contributed by atoms with van der Waals surface area (Å²) >= 11 is 0. The van der Waals surface area contributed by atoms with Gasteiger partial charge in [-0.2, -0.15) is 0 Å². The van der Waals surface area contributed by atoms with E-state index in [9.17, 15) is 9.59 Å². The zero-order chi connectivity index (χ0) is 18.6. The number of benzene rings is 3. The fourth-order valence-corrected chi connectivity index (χ4v) is 2.92. The van der Waals surface area contributed by atoms with E-state index in [-0.39, 0.29) is 6.61 Å². The number of carbonyl (C=O) groups is 1. The molecular formula is C22H17NO4. The first kappa shape index (κ1) is 16.8. The van der Waals surface area contributed by atoms with Crippen LogP contribution in [0.2, 0.25) is 0 Å². The third-order valence-electron chi connectivity index (χ3n) is 4.30. The van der Waals surface area contributed by atoms with E-state index in [4.69, 9.17) is 9.15 Å². The summed E-state index contributed by atoms with van der Waals surface area (Å²) in [7, 11) is 0. The van der Waals surface area contributed by atoms with Crippen LogP contribution in [-0.4, -0.2) is 10.5 Å². The molecule has 5 heteroatoms. The van der Waals surface area contributed by atoms with Crippen LogP contribution in [0.1, 0.15) is 21.5 Å². The smallest absolute Gasteiger partial charge is 0.420 e. The number of hydrogen-bond donors (Lipinski definition) is 0. The average Bonchev–Trinajstić information content (AvgIpc) is 3.02. The van der Waals surface area contributed by atoms with Gasteiger partial charge in [0.25, 0.3) is 0 Å². The van der Waals surface area contributed by atoms with E-state index < -0.39 is 11.7 Å². The Morgan fingerprint density at radius 2 is 1.56 bits per heavy atom. The van der Waals surface area contributed by atoms with Crippen LogP contribution in [-0.2, 0) is 17.9 Å². The van der Waals surface area contributed by atoms with Gasteiger partial charge in [0, 0.05) is 0 Å². The molecule has 0 saturated heterocycles. The Balaban J connectivity index is 1.56. The summed E-state index contributed by atoms with van der Waals surface area (Å²) in [6.07, 6.45) is 0. The molecule has 0 amide bonds. The first-order valence-electron chi connectivity index (χ1n) is 8.59. The molecule has 0 radical (unpaired) electrons. The maximum absolute atomic E-state index is 12.3. The number of fused-ring (bicyclic) bond motifs is 1. The third-order valence-corrected chi connectivity index (χ3v) is 4.30. The summed E-state index contributed by atoms with van der Waals surface area (Å²) in [5.74, 6) is -0.914. The van der Waals surface area contributed by atoms with Crippen molar-refractivity contribution in [1.82, 2.24) is 4.57 Å². The van der Waals surface area contributed by atoms with Crippen molar-refractivity contribution in [3.8, 4) is 0 Å². The normalized spacial score (nSPS) is 10.8. The van der Waals surface area contributed by atoms with Crippen molar-refractivity contribution in [1.29, 1.82) is 0 Å². The Hall–Kier alpha value is -3.60. The van der Waals surface area contributed by atoms with Gasteiger partial charge in [0.15, 0.2) is 5.58 Å². The molecule has 0 aliphatic rings. The highest BCUT2D eigenvalue weighted by molar-refractivity contribution is 5.93. The summed E-state index contributed by atoms with van der Waals surface area (Å²) in [5.41, 5.74) is 3.26. The Morgan fingerprint density at radius 3 is 2.26 bits per heavy atom. The predicted molar refractivity (Wildman–Crippen MR) is 102 cm³/mol. The van der Waals surface area contributed by atoms with Crippen molar-refractivity contribution in [3.63, 3.8) is 0 Å². The van der Waals surface area contributed by atoms with Crippen LogP contribution in [0.3, 0.4) is 0 Å². The molecule has 0 aliphatic heterocycles. The van der Waals surface area contributed by atoms with Crippen LogP contribution in [0.4, 0.5) is 0 Å². The number of aromatic nitrogens is 1. The minimum Gasteiger partial charge on any atom is -0.457 e. The molecule has 0 atom stereocenters. The molecule has 27 heavy (non-hydrogen) atoms. The highest BCUT2D eigenvalue weighted by Crippen LogP contribution is 2.17. The minimum atomic E-state index is -0.459. The highest BCUT2D eigenvalue weighted by atomic mass is 16.5. The van der Waals surface area contributed by atoms with E-state index in [1.54, 1.807) is 22.8 Å². The molecule has 1 heterocycles. The number of oxazole rings is 1. The maximum Gasteiger partial charge on any atom is 0.420 e. The lowest BCUT2D eigenvalue weighted by Crippen LogP contribution is -2.14. The van der Waals surface area contributed by atoms with Crippen molar-refractivity contribution >= 4 is 17.1 Å². The molecule has 0 unspecified atom stereocenters. The number of nitrogens with zero attached hydrogens (tertiary/aromatic N) is 1. The average molecular weight is 359 g/mol. The largest absolute Gasteiger partial charge is 0.457 e. The molecule has 0 bridgehead atoms. The van der Waals surface area contributed by atoms with E-state index >= 15 is 0 Å². The zero-order valence-electron chi connectivity index (χ0n) is 14.5. The monoisotopic (exact) mass is 359 g/mol. The maximum atomic E-state index is 12.3. The van der Waals surface area contributed by atoms with E-state index in [1.807, 2.05) is 60.7 Å². The van der Waals surface area contributed by atoms with E-state index in [0.717, 1.165) is 11.1 Å². The first-order chi connectivity index (χ1) is 13.2. The van der Waals surface area contributed by atoms with Crippen molar-refractivity contribution < 1.29 is 13.9 Å². The number of ether oxygens (including phenoxy) is 1. The molecule has 1 aromatic heterocycles. The number of carbonyl (C=O) groups excluding carboxylic acids is 1. The van der Waals surface area contributed by atoms with E-state index in [2.05, 4.69) is 0 Å². The first-order valence-corrected chi connectivity index (χ1v) is 8.59. The van der Waals surface area contributed by atoms with Gasteiger partial charge in [0.2, 0.25) is 0 Å². The Morgan fingerprint density at radius 1 is 0.889 bits per heavy atom. The Labute approximate surface area is 155 Å². The summed E-state index contributed by atoms with van der Waals surface area (Å²) in [4.78, 5) is 24.5. The molecule has 4 rings (SSSR count). The SMILES string of the molecule is O=C(OCc1ccccc1)c1ccc2c(c1)oc(=O)n2Cc1ccccc1. The lowest BCUT2D eigenvalue weighted by Gasteiger charge is -2.05. The zero-order valence-corrected chi connectivity index (χ0v) is 14.5. The molecule has 4 aromatic rings. The Kier molecular flexibility index (Phi) is 4.58. The van der Waals surface area contributed by atoms with Gasteiger partial charge in [-0.3, -0.25) is 4.57 Å². The molecule has 3 aromatic carbocycles. The van der Waals surface area contributed by atoms with Gasteiger partial charge in [-0.15, -0.1) is 0 Å². The Bertz CT molecular complexity index is 1130. The van der Waals surface area contributed by atoms with Crippen LogP contribution < -0.4 is 5.76 Å². The topological polar surface area (TPSA) is 61.4 Å². The lowest BCUT2D eigenvalue weighted by atomic mass is 10.2. The van der Waals surface area contributed by atoms with Crippen LogP contribution in [0.5, 0.6) is 0 Å². The third kappa shape index (κ3) is 3.67. The van der Waals surface area contributed by atoms with Gasteiger partial charge in [0.05, 0.1) is 17.6 Å². The van der Waals surface area contributed by atoms with Crippen LogP contribution in [0.25, 0.3) is 11.1 Å². The van der Waals surface area contributed by atoms with Gasteiger partial charge in [-0.25, -0.2) is 9.59 Å². The van der Waals surface area contributed by atoms with Gasteiger partial charge in [0.1, 0.15) is 6.61 Å². The fourth-order valence-electron chi connectivity index (χ4n) is 2.92. The van der Waals surface area contributed by atoms with Crippen LogP contribution in [0.15, 0.2) is 88.1 Å². The van der Waals surface area contributed by atoms with Crippen molar-refractivity contribution in [2.24, 2.45) is 0 Å². The number of hydrogen-bond acceptors (Lipinski definition) is 4. The molecule has 5 nitrogen and oxygen atoms in total. The quantitative estimate of drug-likeness (QED) is 0.505. The molecule has 0 saturated carbocycles. The van der Waals surface area contributed by atoms with Crippen LogP contribution >= 0.6 is 0 Å². The lowest BCUT2D eigenvalue weighted by molar-refractivity contribution is 0.0473. The second-order valence-electron chi connectivity index (χ2n) is 6.18. The molecule has 134 valence electrons. The second kappa shape index (κ2) is 7.33. The van der Waals surface area contributed by atoms with E-state index in [1.165, 1.54) is 0 Å². The summed E-state index contributed by atoms with van der Waals surface area (Å²) in [6, 6.07) is 24.0.